The number of pyridine rings is 1. The van der Waals surface area contributed by atoms with Gasteiger partial charge in [-0.25, -0.2) is 9.37 Å². The van der Waals surface area contributed by atoms with Gasteiger partial charge < -0.3 is 15.2 Å². The van der Waals surface area contributed by atoms with Crippen molar-refractivity contribution in [3.8, 4) is 5.75 Å². The Hall–Kier alpha value is -2.18. The third-order valence-electron chi connectivity index (χ3n) is 3.76. The summed E-state index contributed by atoms with van der Waals surface area (Å²) in [4.78, 5) is 6.59. The summed E-state index contributed by atoms with van der Waals surface area (Å²) >= 11 is 0. The predicted octanol–water partition coefficient (Wildman–Crippen LogP) is 2.26. The molecule has 0 saturated carbocycles. The first-order chi connectivity index (χ1) is 11.2. The SMILES string of the molecule is Nc1cccc([C@@H]2CN(CCOc3ccc(F)cc3)CCO2)n1. The fourth-order valence-electron chi connectivity index (χ4n) is 2.56. The highest BCUT2D eigenvalue weighted by molar-refractivity contribution is 5.29. The molecule has 1 aromatic heterocycles. The summed E-state index contributed by atoms with van der Waals surface area (Å²) in [5.74, 6) is 0.916. The molecule has 0 aliphatic carbocycles. The number of nitrogen functional groups attached to an aromatic ring is 1. The zero-order chi connectivity index (χ0) is 16.1. The molecule has 0 spiro atoms. The van der Waals surface area contributed by atoms with E-state index in [1.807, 2.05) is 12.1 Å². The lowest BCUT2D eigenvalue weighted by molar-refractivity contribution is -0.0348. The van der Waals surface area contributed by atoms with Gasteiger partial charge in [0, 0.05) is 19.6 Å². The third-order valence-corrected chi connectivity index (χ3v) is 3.76. The van der Waals surface area contributed by atoms with Gasteiger partial charge in [0.15, 0.2) is 0 Å². The number of anilines is 1. The number of aromatic nitrogens is 1. The fraction of sp³-hybridized carbons (Fsp3) is 0.353. The minimum absolute atomic E-state index is 0.0712. The summed E-state index contributed by atoms with van der Waals surface area (Å²) in [6.07, 6.45) is -0.0712. The van der Waals surface area contributed by atoms with Gasteiger partial charge in [0.2, 0.25) is 0 Å². The Morgan fingerprint density at radius 3 is 2.87 bits per heavy atom. The Kier molecular flexibility index (Phi) is 5.05. The van der Waals surface area contributed by atoms with Crippen LogP contribution in [-0.4, -0.2) is 42.7 Å². The monoisotopic (exact) mass is 317 g/mol. The van der Waals surface area contributed by atoms with Gasteiger partial charge in [-0.15, -0.1) is 0 Å². The molecule has 122 valence electrons. The van der Waals surface area contributed by atoms with Crippen molar-refractivity contribution in [3.05, 3.63) is 54.0 Å². The number of nitrogens with zero attached hydrogens (tertiary/aromatic N) is 2. The van der Waals surface area contributed by atoms with Gasteiger partial charge >= 0.3 is 0 Å². The van der Waals surface area contributed by atoms with Crippen molar-refractivity contribution in [1.82, 2.24) is 9.88 Å². The van der Waals surface area contributed by atoms with Crippen molar-refractivity contribution in [3.63, 3.8) is 0 Å². The lowest BCUT2D eigenvalue weighted by atomic mass is 10.2. The van der Waals surface area contributed by atoms with E-state index >= 15 is 0 Å². The molecular weight excluding hydrogens is 297 g/mol. The van der Waals surface area contributed by atoms with Crippen molar-refractivity contribution in [2.45, 2.75) is 6.10 Å². The molecular formula is C17H20FN3O2. The normalized spacial score (nSPS) is 18.7. The van der Waals surface area contributed by atoms with Crippen LogP contribution in [0.2, 0.25) is 0 Å². The molecule has 6 heteroatoms. The summed E-state index contributed by atoms with van der Waals surface area (Å²) in [6, 6.07) is 11.6. The Labute approximate surface area is 134 Å². The van der Waals surface area contributed by atoms with E-state index in [4.69, 9.17) is 15.2 Å². The zero-order valence-corrected chi connectivity index (χ0v) is 12.8. The molecule has 1 aliphatic rings. The highest BCUT2D eigenvalue weighted by Gasteiger charge is 2.22. The number of benzene rings is 1. The van der Waals surface area contributed by atoms with E-state index in [0.29, 0.717) is 24.8 Å². The van der Waals surface area contributed by atoms with E-state index < -0.39 is 0 Å². The second-order valence-electron chi connectivity index (χ2n) is 5.45. The van der Waals surface area contributed by atoms with Gasteiger partial charge in [0.25, 0.3) is 0 Å². The van der Waals surface area contributed by atoms with E-state index in [0.717, 1.165) is 25.3 Å². The molecule has 2 heterocycles. The minimum atomic E-state index is -0.261. The van der Waals surface area contributed by atoms with Crippen molar-refractivity contribution < 1.29 is 13.9 Å². The molecule has 0 radical (unpaired) electrons. The predicted molar refractivity (Wildman–Crippen MR) is 85.7 cm³/mol. The minimum Gasteiger partial charge on any atom is -0.492 e. The number of hydrogen-bond donors (Lipinski definition) is 1. The van der Waals surface area contributed by atoms with E-state index in [1.54, 1.807) is 18.2 Å². The average molecular weight is 317 g/mol. The molecule has 1 fully saturated rings. The molecule has 23 heavy (non-hydrogen) atoms. The molecule has 1 aliphatic heterocycles. The number of halogens is 1. The molecule has 5 nitrogen and oxygen atoms in total. The Morgan fingerprint density at radius 1 is 1.26 bits per heavy atom. The van der Waals surface area contributed by atoms with Crippen LogP contribution in [0.15, 0.2) is 42.5 Å². The maximum Gasteiger partial charge on any atom is 0.123 e. The molecule has 3 rings (SSSR count). The Morgan fingerprint density at radius 2 is 2.09 bits per heavy atom. The topological polar surface area (TPSA) is 60.6 Å². The highest BCUT2D eigenvalue weighted by Crippen LogP contribution is 2.21. The largest absolute Gasteiger partial charge is 0.492 e. The molecule has 1 aromatic carbocycles. The second kappa shape index (κ2) is 7.39. The van der Waals surface area contributed by atoms with E-state index in [-0.39, 0.29) is 11.9 Å². The van der Waals surface area contributed by atoms with Gasteiger partial charge in [-0.2, -0.15) is 0 Å². The lowest BCUT2D eigenvalue weighted by Crippen LogP contribution is -2.40. The number of morpholine rings is 1. The van der Waals surface area contributed by atoms with Crippen LogP contribution < -0.4 is 10.5 Å². The first-order valence-corrected chi connectivity index (χ1v) is 7.65. The van der Waals surface area contributed by atoms with Crippen LogP contribution in [0.3, 0.4) is 0 Å². The van der Waals surface area contributed by atoms with Crippen LogP contribution in [0.25, 0.3) is 0 Å². The Balaban J connectivity index is 1.49. The Bertz CT molecular complexity index is 636. The maximum absolute atomic E-state index is 12.8. The molecule has 0 amide bonds. The van der Waals surface area contributed by atoms with Gasteiger partial charge in [-0.1, -0.05) is 6.07 Å². The third kappa shape index (κ3) is 4.40. The van der Waals surface area contributed by atoms with Crippen LogP contribution >= 0.6 is 0 Å². The number of hydrogen-bond acceptors (Lipinski definition) is 5. The summed E-state index contributed by atoms with van der Waals surface area (Å²) < 4.78 is 24.3. The first-order valence-electron chi connectivity index (χ1n) is 7.65. The van der Waals surface area contributed by atoms with Crippen molar-refractivity contribution in [2.24, 2.45) is 0 Å². The second-order valence-corrected chi connectivity index (χ2v) is 5.45. The van der Waals surface area contributed by atoms with Crippen molar-refractivity contribution >= 4 is 5.82 Å². The van der Waals surface area contributed by atoms with Crippen molar-refractivity contribution in [1.29, 1.82) is 0 Å². The first kappa shape index (κ1) is 15.7. The van der Waals surface area contributed by atoms with E-state index in [2.05, 4.69) is 9.88 Å². The number of ether oxygens (including phenoxy) is 2. The van der Waals surface area contributed by atoms with Gasteiger partial charge in [-0.05, 0) is 36.4 Å². The van der Waals surface area contributed by atoms with Gasteiger partial charge in [0.05, 0.1) is 12.3 Å². The highest BCUT2D eigenvalue weighted by atomic mass is 19.1. The molecule has 0 unspecified atom stereocenters. The summed E-state index contributed by atoms with van der Waals surface area (Å²) in [6.45, 7) is 3.58. The fourth-order valence-corrected chi connectivity index (χ4v) is 2.56. The number of rotatable bonds is 5. The van der Waals surface area contributed by atoms with Crippen LogP contribution in [-0.2, 0) is 4.74 Å². The maximum atomic E-state index is 12.8. The van der Waals surface area contributed by atoms with Crippen LogP contribution in [0.4, 0.5) is 10.2 Å². The summed E-state index contributed by atoms with van der Waals surface area (Å²) in [5.41, 5.74) is 6.58. The standard InChI is InChI=1S/C17H20FN3O2/c18-13-4-6-14(7-5-13)22-10-8-21-9-11-23-16(12-21)15-2-1-3-17(19)20-15/h1-7,16H,8-12H2,(H2,19,20)/t16-/m0/s1. The van der Waals surface area contributed by atoms with Gasteiger partial charge in [0.1, 0.15) is 30.1 Å². The van der Waals surface area contributed by atoms with E-state index in [1.165, 1.54) is 12.1 Å². The lowest BCUT2D eigenvalue weighted by Gasteiger charge is -2.32. The van der Waals surface area contributed by atoms with Crippen LogP contribution in [0.5, 0.6) is 5.75 Å². The number of nitrogens with two attached hydrogens (primary N) is 1. The molecule has 1 atom stereocenters. The molecule has 1 saturated heterocycles. The van der Waals surface area contributed by atoms with Crippen LogP contribution in [0.1, 0.15) is 11.8 Å². The zero-order valence-electron chi connectivity index (χ0n) is 12.8. The summed E-state index contributed by atoms with van der Waals surface area (Å²) in [5, 5.41) is 0. The van der Waals surface area contributed by atoms with Crippen LogP contribution in [0, 0.1) is 5.82 Å². The quantitative estimate of drug-likeness (QED) is 0.916. The van der Waals surface area contributed by atoms with Gasteiger partial charge in [-0.3, -0.25) is 4.90 Å². The average Bonchev–Trinajstić information content (AvgIpc) is 2.57. The smallest absolute Gasteiger partial charge is 0.123 e. The van der Waals surface area contributed by atoms with Crippen molar-refractivity contribution in [2.75, 3.05) is 38.6 Å². The molecule has 0 bridgehead atoms. The summed E-state index contributed by atoms with van der Waals surface area (Å²) in [7, 11) is 0. The molecule has 2 aromatic rings. The van der Waals surface area contributed by atoms with E-state index in [9.17, 15) is 4.39 Å². The molecule has 2 N–H and O–H groups in total.